The van der Waals surface area contributed by atoms with Gasteiger partial charge in [-0.1, -0.05) is 72.8 Å². The second-order valence-electron chi connectivity index (χ2n) is 8.21. The average Bonchev–Trinajstić information content (AvgIpc) is 3.19. The van der Waals surface area contributed by atoms with Gasteiger partial charge < -0.3 is 24.7 Å². The van der Waals surface area contributed by atoms with Crippen LogP contribution in [0.5, 0.6) is 5.75 Å². The number of aliphatic hydroxyl groups is 1. The summed E-state index contributed by atoms with van der Waals surface area (Å²) in [6.45, 7) is 1.75. The van der Waals surface area contributed by atoms with Gasteiger partial charge in [0.25, 0.3) is 0 Å². The Bertz CT molecular complexity index is 1490. The van der Waals surface area contributed by atoms with Crippen molar-refractivity contribution in [2.45, 2.75) is 18.6 Å². The number of hydrogen-bond donors (Lipinski definition) is 3. The summed E-state index contributed by atoms with van der Waals surface area (Å²) < 4.78 is 10.9. The topological polar surface area (TPSA) is 109 Å². The molecule has 7 heteroatoms. The Balaban J connectivity index is 1.86. The first-order valence-electron chi connectivity index (χ1n) is 11.2. The van der Waals surface area contributed by atoms with Crippen molar-refractivity contribution in [1.82, 2.24) is 5.32 Å². The van der Waals surface area contributed by atoms with E-state index in [-0.39, 0.29) is 34.5 Å². The molecule has 0 saturated carbocycles. The van der Waals surface area contributed by atoms with Crippen molar-refractivity contribution in [3.8, 4) is 5.75 Å². The number of hydrogen-bond acceptors (Lipinski definition) is 7. The Morgan fingerprint density at radius 3 is 2.31 bits per heavy atom. The number of fused-ring (bicyclic) bond motifs is 1. The van der Waals surface area contributed by atoms with E-state index in [1.807, 2.05) is 6.07 Å². The molecule has 0 saturated heterocycles. The predicted octanol–water partition coefficient (Wildman–Crippen LogP) is 4.01. The lowest BCUT2D eigenvalue weighted by atomic mass is 9.80. The van der Waals surface area contributed by atoms with Gasteiger partial charge in [-0.25, -0.2) is 9.59 Å². The van der Waals surface area contributed by atoms with E-state index in [1.165, 1.54) is 0 Å². The molecule has 2 heterocycles. The molecule has 3 N–H and O–H groups in total. The molecule has 1 aliphatic rings. The van der Waals surface area contributed by atoms with Crippen molar-refractivity contribution >= 4 is 22.6 Å². The van der Waals surface area contributed by atoms with Crippen LogP contribution in [-0.2, 0) is 15.3 Å². The quantitative estimate of drug-likeness (QED) is 0.299. The number of carbonyl (C=O) groups is 1. The fourth-order valence-electron chi connectivity index (χ4n) is 4.63. The zero-order chi connectivity index (χ0) is 24.6. The summed E-state index contributed by atoms with van der Waals surface area (Å²) in [6, 6.07) is 24.1. The van der Waals surface area contributed by atoms with Crippen LogP contribution in [0.4, 0.5) is 0 Å². The number of nitrogens with one attached hydrogen (secondary N) is 1. The first kappa shape index (κ1) is 22.4. The molecule has 0 spiro atoms. The van der Waals surface area contributed by atoms with Crippen LogP contribution >= 0.6 is 0 Å². The second-order valence-corrected chi connectivity index (χ2v) is 8.21. The smallest absolute Gasteiger partial charge is 0.344 e. The number of esters is 1. The molecule has 0 bridgehead atoms. The van der Waals surface area contributed by atoms with Crippen LogP contribution < -0.4 is 10.9 Å². The zero-order valence-electron chi connectivity index (χ0n) is 18.9. The van der Waals surface area contributed by atoms with Crippen LogP contribution in [0.1, 0.15) is 29.5 Å². The summed E-state index contributed by atoms with van der Waals surface area (Å²) in [4.78, 5) is 26.7. The Morgan fingerprint density at radius 2 is 1.63 bits per heavy atom. The molecule has 2 unspecified atom stereocenters. The number of benzene rings is 3. The van der Waals surface area contributed by atoms with Gasteiger partial charge >= 0.3 is 11.6 Å². The molecule has 176 valence electrons. The van der Waals surface area contributed by atoms with E-state index in [2.05, 4.69) is 5.32 Å². The minimum atomic E-state index is -1.97. The summed E-state index contributed by atoms with van der Waals surface area (Å²) in [5.74, 6) is -2.42. The maximum absolute atomic E-state index is 13.4. The van der Waals surface area contributed by atoms with Gasteiger partial charge in [-0.3, -0.25) is 0 Å². The lowest BCUT2D eigenvalue weighted by Gasteiger charge is -2.32. The van der Waals surface area contributed by atoms with Crippen LogP contribution in [0.3, 0.4) is 0 Å². The van der Waals surface area contributed by atoms with Gasteiger partial charge in [0.2, 0.25) is 0 Å². The van der Waals surface area contributed by atoms with E-state index in [0.29, 0.717) is 16.8 Å². The SMILES string of the molecule is CCOC(=O)C1=C(c2ccccc2)NC(O)(c2ccccc2)C1c1c(O)c2ccccc2oc1=O. The fourth-order valence-corrected chi connectivity index (χ4v) is 4.63. The first-order chi connectivity index (χ1) is 17.0. The molecule has 2 atom stereocenters. The van der Waals surface area contributed by atoms with Gasteiger partial charge in [0.1, 0.15) is 11.3 Å². The Hall–Kier alpha value is -4.36. The van der Waals surface area contributed by atoms with Gasteiger partial charge in [0, 0.05) is 5.56 Å². The number of para-hydroxylation sites is 1. The molecule has 0 radical (unpaired) electrons. The van der Waals surface area contributed by atoms with E-state index in [9.17, 15) is 19.8 Å². The van der Waals surface area contributed by atoms with Crippen LogP contribution in [-0.4, -0.2) is 22.8 Å². The van der Waals surface area contributed by atoms with Crippen molar-refractivity contribution in [3.63, 3.8) is 0 Å². The molecule has 3 aromatic carbocycles. The fraction of sp³-hybridized carbons (Fsp3) is 0.143. The molecular weight excluding hydrogens is 446 g/mol. The van der Waals surface area contributed by atoms with Gasteiger partial charge in [-0.05, 0) is 24.6 Å². The van der Waals surface area contributed by atoms with Crippen LogP contribution in [0, 0.1) is 0 Å². The number of rotatable bonds is 5. The largest absolute Gasteiger partial charge is 0.507 e. The van der Waals surface area contributed by atoms with E-state index >= 15 is 0 Å². The van der Waals surface area contributed by atoms with Crippen molar-refractivity contribution in [2.24, 2.45) is 0 Å². The van der Waals surface area contributed by atoms with Crippen molar-refractivity contribution in [1.29, 1.82) is 0 Å². The molecule has 35 heavy (non-hydrogen) atoms. The highest BCUT2D eigenvalue weighted by molar-refractivity contribution is 6.01. The minimum absolute atomic E-state index is 0.0160. The van der Waals surface area contributed by atoms with Gasteiger partial charge in [-0.15, -0.1) is 0 Å². The lowest BCUT2D eigenvalue weighted by molar-refractivity contribution is -0.139. The third-order valence-electron chi connectivity index (χ3n) is 6.17. The van der Waals surface area contributed by atoms with Crippen molar-refractivity contribution in [2.75, 3.05) is 6.61 Å². The number of ether oxygens (including phenoxy) is 1. The molecule has 5 rings (SSSR count). The highest BCUT2D eigenvalue weighted by atomic mass is 16.5. The molecule has 0 fully saturated rings. The van der Waals surface area contributed by atoms with E-state index < -0.39 is 23.2 Å². The Morgan fingerprint density at radius 1 is 1.00 bits per heavy atom. The summed E-state index contributed by atoms with van der Waals surface area (Å²) in [7, 11) is 0. The monoisotopic (exact) mass is 469 g/mol. The van der Waals surface area contributed by atoms with Crippen molar-refractivity contribution < 1.29 is 24.2 Å². The summed E-state index contributed by atoms with van der Waals surface area (Å²) in [5, 5.41) is 26.8. The van der Waals surface area contributed by atoms with Crippen LogP contribution in [0.25, 0.3) is 16.7 Å². The maximum Gasteiger partial charge on any atom is 0.344 e. The highest BCUT2D eigenvalue weighted by Crippen LogP contribution is 2.51. The lowest BCUT2D eigenvalue weighted by Crippen LogP contribution is -2.43. The molecule has 1 aliphatic heterocycles. The standard InChI is InChI=1S/C28H23NO6/c1-2-34-26(31)21-23(22-25(30)19-15-9-10-16-20(19)35-27(22)32)28(33,18-13-7-4-8-14-18)29-24(21)17-11-5-3-6-12-17/h3-16,23,29-30,33H,2H2,1H3. The predicted molar refractivity (Wildman–Crippen MR) is 130 cm³/mol. The second kappa shape index (κ2) is 8.77. The molecule has 7 nitrogen and oxygen atoms in total. The van der Waals surface area contributed by atoms with Gasteiger partial charge in [-0.2, -0.15) is 0 Å². The molecular formula is C28H23NO6. The Kier molecular flexibility index (Phi) is 5.62. The maximum atomic E-state index is 13.4. The average molecular weight is 469 g/mol. The first-order valence-corrected chi connectivity index (χ1v) is 11.2. The van der Waals surface area contributed by atoms with E-state index in [0.717, 1.165) is 0 Å². The normalized spacial score (nSPS) is 19.5. The van der Waals surface area contributed by atoms with Crippen LogP contribution in [0.15, 0.2) is 99.7 Å². The van der Waals surface area contributed by atoms with Gasteiger partial charge in [0.15, 0.2) is 5.72 Å². The third kappa shape index (κ3) is 3.66. The van der Waals surface area contributed by atoms with E-state index in [1.54, 1.807) is 85.8 Å². The molecule has 0 amide bonds. The number of aromatic hydroxyl groups is 1. The zero-order valence-corrected chi connectivity index (χ0v) is 18.9. The summed E-state index contributed by atoms with van der Waals surface area (Å²) in [6.07, 6.45) is 0. The van der Waals surface area contributed by atoms with Crippen molar-refractivity contribution in [3.05, 3.63) is 118 Å². The summed E-state index contributed by atoms with van der Waals surface area (Å²) >= 11 is 0. The molecule has 1 aromatic heterocycles. The van der Waals surface area contributed by atoms with E-state index in [4.69, 9.17) is 9.15 Å². The van der Waals surface area contributed by atoms with Crippen LogP contribution in [0.2, 0.25) is 0 Å². The number of carbonyl (C=O) groups excluding carboxylic acids is 1. The minimum Gasteiger partial charge on any atom is -0.507 e. The summed E-state index contributed by atoms with van der Waals surface area (Å²) in [5.41, 5.74) is -1.56. The molecule has 0 aliphatic carbocycles. The molecule has 4 aromatic rings. The van der Waals surface area contributed by atoms with Gasteiger partial charge in [0.05, 0.1) is 34.7 Å². The Labute approximate surface area is 200 Å². The highest BCUT2D eigenvalue weighted by Gasteiger charge is 2.53. The third-order valence-corrected chi connectivity index (χ3v) is 6.17.